The third kappa shape index (κ3) is 3.20. The summed E-state index contributed by atoms with van der Waals surface area (Å²) < 4.78 is 26.1. The lowest BCUT2D eigenvalue weighted by atomic mass is 9.97. The molecule has 1 heterocycles. The van der Waals surface area contributed by atoms with E-state index >= 15 is 0 Å². The molecule has 1 amide bonds. The van der Waals surface area contributed by atoms with Crippen LogP contribution in [0.4, 0.5) is 8.78 Å². The van der Waals surface area contributed by atoms with Gasteiger partial charge >= 0.3 is 0 Å². The first-order chi connectivity index (χ1) is 9.40. The van der Waals surface area contributed by atoms with E-state index in [9.17, 15) is 13.6 Å². The molecule has 1 atom stereocenters. The number of carbonyl (C=O) groups is 1. The number of hydrogen-bond acceptors (Lipinski definition) is 1. The highest BCUT2D eigenvalue weighted by atomic mass is 79.9. The molecule has 0 radical (unpaired) electrons. The Hall–Kier alpha value is -0.940. The highest BCUT2D eigenvalue weighted by Crippen LogP contribution is 2.34. The number of nitrogens with zero attached hydrogens (tertiary/aromatic N) is 1. The second-order valence-corrected chi connectivity index (χ2v) is 5.98. The van der Waals surface area contributed by atoms with E-state index in [-0.39, 0.29) is 11.8 Å². The first-order valence-electron chi connectivity index (χ1n) is 6.15. The van der Waals surface area contributed by atoms with Crippen LogP contribution in [0, 0.1) is 5.92 Å². The second kappa shape index (κ2) is 6.22. The zero-order chi connectivity index (χ0) is 14.9. The Morgan fingerprint density at radius 3 is 2.80 bits per heavy atom. The van der Waals surface area contributed by atoms with Gasteiger partial charge in [0.1, 0.15) is 0 Å². The topological polar surface area (TPSA) is 20.3 Å². The predicted octanol–water partition coefficient (Wildman–Crippen LogP) is 4.58. The monoisotopic (exact) mass is 363 g/mol. The largest absolute Gasteiger partial charge is 0.306 e. The summed E-state index contributed by atoms with van der Waals surface area (Å²) in [5.41, 5.74) is 1.20. The van der Waals surface area contributed by atoms with Crippen LogP contribution in [0.2, 0.25) is 5.02 Å². The molecule has 1 aliphatic rings. The number of alkyl halides is 2. The van der Waals surface area contributed by atoms with Crippen LogP contribution in [-0.2, 0) is 4.79 Å². The molecular weight excluding hydrogens is 352 g/mol. The SMILES string of the molecule is CC1CC=C(c2ccc(Cl)cc2Br)N(CC(F)F)C1=O. The van der Waals surface area contributed by atoms with Crippen molar-refractivity contribution in [3.63, 3.8) is 0 Å². The van der Waals surface area contributed by atoms with E-state index in [0.717, 1.165) is 4.90 Å². The van der Waals surface area contributed by atoms with E-state index < -0.39 is 13.0 Å². The van der Waals surface area contributed by atoms with Gasteiger partial charge in [-0.1, -0.05) is 46.6 Å². The molecule has 0 saturated carbocycles. The van der Waals surface area contributed by atoms with Crippen LogP contribution >= 0.6 is 27.5 Å². The minimum absolute atomic E-state index is 0.273. The Bertz CT molecular complexity index is 562. The van der Waals surface area contributed by atoms with Gasteiger partial charge in [0, 0.05) is 26.7 Å². The maximum Gasteiger partial charge on any atom is 0.256 e. The van der Waals surface area contributed by atoms with Crippen molar-refractivity contribution in [1.82, 2.24) is 4.90 Å². The molecule has 1 aromatic rings. The lowest BCUT2D eigenvalue weighted by molar-refractivity contribution is -0.133. The Kier molecular flexibility index (Phi) is 4.81. The summed E-state index contributed by atoms with van der Waals surface area (Å²) >= 11 is 9.24. The highest BCUT2D eigenvalue weighted by molar-refractivity contribution is 9.10. The average Bonchev–Trinajstić information content (AvgIpc) is 2.36. The molecule has 108 valence electrons. The van der Waals surface area contributed by atoms with Gasteiger partial charge in [-0.2, -0.15) is 0 Å². The molecule has 0 aliphatic carbocycles. The minimum Gasteiger partial charge on any atom is -0.306 e. The second-order valence-electron chi connectivity index (χ2n) is 4.69. The van der Waals surface area contributed by atoms with E-state index in [0.29, 0.717) is 27.2 Å². The van der Waals surface area contributed by atoms with E-state index in [4.69, 9.17) is 11.6 Å². The molecule has 1 aliphatic heterocycles. The summed E-state index contributed by atoms with van der Waals surface area (Å²) in [7, 11) is 0. The number of halogens is 4. The molecule has 1 aromatic carbocycles. The summed E-state index contributed by atoms with van der Waals surface area (Å²) in [5.74, 6) is -0.548. The third-order valence-corrected chi connectivity index (χ3v) is 4.06. The number of carbonyl (C=O) groups excluding carboxylic acids is 1. The fraction of sp³-hybridized carbons (Fsp3) is 0.357. The van der Waals surface area contributed by atoms with Crippen molar-refractivity contribution in [1.29, 1.82) is 0 Å². The van der Waals surface area contributed by atoms with Crippen molar-refractivity contribution in [3.05, 3.63) is 39.3 Å². The first kappa shape index (κ1) is 15.4. The van der Waals surface area contributed by atoms with Crippen LogP contribution in [0.25, 0.3) is 5.70 Å². The summed E-state index contributed by atoms with van der Waals surface area (Å²) in [6, 6.07) is 5.08. The molecule has 20 heavy (non-hydrogen) atoms. The van der Waals surface area contributed by atoms with Gasteiger partial charge in [0.2, 0.25) is 5.91 Å². The number of amides is 1. The maximum atomic E-state index is 12.7. The van der Waals surface area contributed by atoms with Gasteiger partial charge in [-0.05, 0) is 18.6 Å². The summed E-state index contributed by atoms with van der Waals surface area (Å²) in [6.07, 6.45) is -0.204. The van der Waals surface area contributed by atoms with Crippen molar-refractivity contribution in [2.75, 3.05) is 6.54 Å². The van der Waals surface area contributed by atoms with Crippen LogP contribution in [0.1, 0.15) is 18.9 Å². The fourth-order valence-electron chi connectivity index (χ4n) is 2.16. The van der Waals surface area contributed by atoms with Crippen LogP contribution in [0.15, 0.2) is 28.7 Å². The molecule has 0 spiro atoms. The van der Waals surface area contributed by atoms with Crippen LogP contribution in [0.3, 0.4) is 0 Å². The van der Waals surface area contributed by atoms with E-state index in [1.807, 2.05) is 6.08 Å². The van der Waals surface area contributed by atoms with Gasteiger partial charge < -0.3 is 4.90 Å². The van der Waals surface area contributed by atoms with Crippen LogP contribution < -0.4 is 0 Å². The molecule has 2 rings (SSSR count). The van der Waals surface area contributed by atoms with E-state index in [1.165, 1.54) is 0 Å². The minimum atomic E-state index is -2.57. The summed E-state index contributed by atoms with van der Waals surface area (Å²) in [4.78, 5) is 13.3. The lowest BCUT2D eigenvalue weighted by Gasteiger charge is -2.32. The van der Waals surface area contributed by atoms with Crippen molar-refractivity contribution >= 4 is 39.1 Å². The van der Waals surface area contributed by atoms with Crippen molar-refractivity contribution in [2.24, 2.45) is 5.92 Å². The third-order valence-electron chi connectivity index (χ3n) is 3.17. The molecule has 0 bridgehead atoms. The molecule has 0 N–H and O–H groups in total. The predicted molar refractivity (Wildman–Crippen MR) is 78.6 cm³/mol. The fourth-order valence-corrected chi connectivity index (χ4v) is 3.05. The Morgan fingerprint density at radius 1 is 1.50 bits per heavy atom. The van der Waals surface area contributed by atoms with Gasteiger partial charge in [-0.3, -0.25) is 4.79 Å². The van der Waals surface area contributed by atoms with Crippen LogP contribution in [-0.4, -0.2) is 23.8 Å². The van der Waals surface area contributed by atoms with Crippen LogP contribution in [0.5, 0.6) is 0 Å². The number of hydrogen-bond donors (Lipinski definition) is 0. The highest BCUT2D eigenvalue weighted by Gasteiger charge is 2.30. The zero-order valence-electron chi connectivity index (χ0n) is 10.7. The molecule has 0 fully saturated rings. The van der Waals surface area contributed by atoms with Crippen molar-refractivity contribution in [2.45, 2.75) is 19.8 Å². The lowest BCUT2D eigenvalue weighted by Crippen LogP contribution is -2.39. The first-order valence-corrected chi connectivity index (χ1v) is 7.32. The molecule has 0 saturated heterocycles. The standard InChI is InChI=1S/C14H13BrClF2NO/c1-8-2-5-12(19(14(8)20)7-13(17)18)10-4-3-9(16)6-11(10)15/h3-6,8,13H,2,7H2,1H3. The Labute approximate surface area is 129 Å². The Balaban J connectivity index is 2.43. The number of rotatable bonds is 3. The zero-order valence-corrected chi connectivity index (χ0v) is 13.1. The van der Waals surface area contributed by atoms with Crippen molar-refractivity contribution in [3.8, 4) is 0 Å². The molecular formula is C14H13BrClF2NO. The summed E-state index contributed by atoms with van der Waals surface area (Å²) in [6.45, 7) is 1.15. The van der Waals surface area contributed by atoms with Gasteiger partial charge in [-0.15, -0.1) is 0 Å². The maximum absolute atomic E-state index is 12.7. The smallest absolute Gasteiger partial charge is 0.256 e. The van der Waals surface area contributed by atoms with Gasteiger partial charge in [0.05, 0.1) is 6.54 Å². The van der Waals surface area contributed by atoms with E-state index in [2.05, 4.69) is 15.9 Å². The Morgan fingerprint density at radius 2 is 2.20 bits per heavy atom. The molecule has 0 aromatic heterocycles. The molecule has 6 heteroatoms. The molecule has 2 nitrogen and oxygen atoms in total. The normalized spacial score (nSPS) is 19.5. The number of allylic oxidation sites excluding steroid dienone is 1. The quantitative estimate of drug-likeness (QED) is 0.769. The van der Waals surface area contributed by atoms with E-state index in [1.54, 1.807) is 25.1 Å². The van der Waals surface area contributed by atoms with Gasteiger partial charge in [-0.25, -0.2) is 8.78 Å². The molecule has 1 unspecified atom stereocenters. The summed E-state index contributed by atoms with van der Waals surface area (Å²) in [5, 5.41) is 0.539. The van der Waals surface area contributed by atoms with Crippen molar-refractivity contribution < 1.29 is 13.6 Å². The average molecular weight is 365 g/mol. The van der Waals surface area contributed by atoms with Gasteiger partial charge in [0.15, 0.2) is 0 Å². The van der Waals surface area contributed by atoms with Gasteiger partial charge in [0.25, 0.3) is 6.43 Å². The number of benzene rings is 1.